The number of hydrogen-bond donors (Lipinski definition) is 2. The SMILES string of the molecule is C[C@@H](c1c(Cl)ccc(F)c1Cl)c1c[nH]c2ncc(-c3cnn(C4CCNCC4)c3)cc12. The second kappa shape index (κ2) is 8.26. The summed E-state index contributed by atoms with van der Waals surface area (Å²) in [5.74, 6) is -0.684. The molecule has 5 rings (SSSR count). The van der Waals surface area contributed by atoms with E-state index < -0.39 is 5.82 Å². The highest BCUT2D eigenvalue weighted by Crippen LogP contribution is 2.39. The van der Waals surface area contributed by atoms with Gasteiger partial charge in [0.15, 0.2) is 0 Å². The number of hydrogen-bond acceptors (Lipinski definition) is 3. The van der Waals surface area contributed by atoms with Crippen LogP contribution >= 0.6 is 23.2 Å². The zero-order chi connectivity index (χ0) is 21.5. The van der Waals surface area contributed by atoms with E-state index in [1.807, 2.05) is 25.5 Å². The zero-order valence-corrected chi connectivity index (χ0v) is 18.5. The molecule has 1 fully saturated rings. The van der Waals surface area contributed by atoms with E-state index in [-0.39, 0.29) is 10.9 Å². The maximum atomic E-state index is 14.1. The van der Waals surface area contributed by atoms with Crippen LogP contribution in [0.25, 0.3) is 22.2 Å². The summed E-state index contributed by atoms with van der Waals surface area (Å²) in [5.41, 5.74) is 4.31. The van der Waals surface area contributed by atoms with Crippen molar-refractivity contribution in [2.24, 2.45) is 0 Å². The fourth-order valence-corrected chi connectivity index (χ4v) is 5.09. The van der Waals surface area contributed by atoms with Crippen molar-refractivity contribution in [2.45, 2.75) is 31.7 Å². The van der Waals surface area contributed by atoms with Gasteiger partial charge in [0.1, 0.15) is 11.5 Å². The number of fused-ring (bicyclic) bond motifs is 1. The van der Waals surface area contributed by atoms with Crippen LogP contribution in [0, 0.1) is 5.82 Å². The smallest absolute Gasteiger partial charge is 0.142 e. The lowest BCUT2D eigenvalue weighted by Gasteiger charge is -2.22. The Morgan fingerprint density at radius 1 is 1.16 bits per heavy atom. The number of piperidine rings is 1. The molecular formula is C23H22Cl2FN5. The van der Waals surface area contributed by atoms with E-state index >= 15 is 0 Å². The molecule has 1 aliphatic rings. The second-order valence-electron chi connectivity index (χ2n) is 8.03. The van der Waals surface area contributed by atoms with Crippen molar-refractivity contribution >= 4 is 34.2 Å². The van der Waals surface area contributed by atoms with E-state index in [4.69, 9.17) is 23.2 Å². The Labute approximate surface area is 189 Å². The van der Waals surface area contributed by atoms with Gasteiger partial charge in [-0.05, 0) is 55.3 Å². The average Bonchev–Trinajstić information content (AvgIpc) is 3.44. The Morgan fingerprint density at radius 2 is 1.97 bits per heavy atom. The average molecular weight is 458 g/mol. The Hall–Kier alpha value is -2.41. The Morgan fingerprint density at radius 3 is 2.77 bits per heavy atom. The lowest BCUT2D eigenvalue weighted by Crippen LogP contribution is -2.29. The quantitative estimate of drug-likeness (QED) is 0.372. The number of aromatic amines is 1. The molecule has 3 aromatic heterocycles. The molecule has 4 heterocycles. The molecule has 1 saturated heterocycles. The van der Waals surface area contributed by atoms with E-state index in [2.05, 4.69) is 37.3 Å². The molecule has 1 aliphatic heterocycles. The number of rotatable bonds is 4. The van der Waals surface area contributed by atoms with Crippen molar-refractivity contribution in [2.75, 3.05) is 13.1 Å². The van der Waals surface area contributed by atoms with Gasteiger partial charge in [0, 0.05) is 46.0 Å². The van der Waals surface area contributed by atoms with Crippen LogP contribution in [0.5, 0.6) is 0 Å². The van der Waals surface area contributed by atoms with E-state index in [1.54, 1.807) is 6.07 Å². The number of halogens is 3. The first kappa shape index (κ1) is 20.5. The predicted molar refractivity (Wildman–Crippen MR) is 122 cm³/mol. The van der Waals surface area contributed by atoms with Gasteiger partial charge in [0.2, 0.25) is 0 Å². The van der Waals surface area contributed by atoms with Gasteiger partial charge in [-0.25, -0.2) is 9.37 Å². The Bertz CT molecular complexity index is 1240. The molecule has 1 atom stereocenters. The Kier molecular flexibility index (Phi) is 5.46. The molecule has 4 aromatic rings. The molecule has 31 heavy (non-hydrogen) atoms. The van der Waals surface area contributed by atoms with Crippen LogP contribution in [-0.2, 0) is 0 Å². The van der Waals surface area contributed by atoms with E-state index in [1.165, 1.54) is 6.07 Å². The van der Waals surface area contributed by atoms with Crippen LogP contribution in [0.2, 0.25) is 10.0 Å². The summed E-state index contributed by atoms with van der Waals surface area (Å²) in [6, 6.07) is 5.35. The molecule has 5 nitrogen and oxygen atoms in total. The molecule has 0 unspecified atom stereocenters. The summed E-state index contributed by atoms with van der Waals surface area (Å²) < 4.78 is 16.2. The normalized spacial score (nSPS) is 16.1. The first-order valence-electron chi connectivity index (χ1n) is 10.4. The van der Waals surface area contributed by atoms with Gasteiger partial charge in [-0.15, -0.1) is 0 Å². The minimum absolute atomic E-state index is 0.0571. The van der Waals surface area contributed by atoms with Crippen molar-refractivity contribution in [1.82, 2.24) is 25.1 Å². The van der Waals surface area contributed by atoms with Gasteiger partial charge in [0.05, 0.1) is 17.3 Å². The molecule has 0 aliphatic carbocycles. The third kappa shape index (κ3) is 3.73. The highest BCUT2D eigenvalue weighted by atomic mass is 35.5. The van der Waals surface area contributed by atoms with Gasteiger partial charge in [-0.1, -0.05) is 30.1 Å². The van der Waals surface area contributed by atoms with Gasteiger partial charge >= 0.3 is 0 Å². The lowest BCUT2D eigenvalue weighted by molar-refractivity contribution is 0.343. The predicted octanol–water partition coefficient (Wildman–Crippen LogP) is 5.95. The summed E-state index contributed by atoms with van der Waals surface area (Å²) in [4.78, 5) is 7.80. The van der Waals surface area contributed by atoms with E-state index in [9.17, 15) is 4.39 Å². The van der Waals surface area contributed by atoms with Gasteiger partial charge in [-0.2, -0.15) is 5.10 Å². The number of nitrogens with one attached hydrogen (secondary N) is 2. The number of pyridine rings is 1. The van der Waals surface area contributed by atoms with Crippen molar-refractivity contribution in [3.8, 4) is 11.1 Å². The standard InChI is InChI=1S/C23H22Cl2FN5/c1-13(21-19(24)2-3-20(26)22(21)25)18-11-29-23-17(18)8-14(9-28-23)15-10-30-31(12-15)16-4-6-27-7-5-16/h2-3,8-13,16,27H,4-7H2,1H3,(H,28,29)/t13-/m1/s1. The topological polar surface area (TPSA) is 58.5 Å². The van der Waals surface area contributed by atoms with Gasteiger partial charge < -0.3 is 10.3 Å². The first-order valence-corrected chi connectivity index (χ1v) is 11.1. The third-order valence-corrected chi connectivity index (χ3v) is 6.87. The minimum Gasteiger partial charge on any atom is -0.346 e. The van der Waals surface area contributed by atoms with Crippen molar-refractivity contribution in [3.63, 3.8) is 0 Å². The van der Waals surface area contributed by atoms with Crippen LogP contribution < -0.4 is 5.32 Å². The molecule has 0 amide bonds. The molecule has 0 bridgehead atoms. The zero-order valence-electron chi connectivity index (χ0n) is 17.0. The van der Waals surface area contributed by atoms with Gasteiger partial charge in [-0.3, -0.25) is 4.68 Å². The minimum atomic E-state index is -0.475. The molecular weight excluding hydrogens is 436 g/mol. The second-order valence-corrected chi connectivity index (χ2v) is 8.82. The number of H-pyrrole nitrogens is 1. The van der Waals surface area contributed by atoms with Gasteiger partial charge in [0.25, 0.3) is 0 Å². The highest BCUT2D eigenvalue weighted by molar-refractivity contribution is 6.36. The van der Waals surface area contributed by atoms with Crippen molar-refractivity contribution in [1.29, 1.82) is 0 Å². The van der Waals surface area contributed by atoms with E-state index in [0.29, 0.717) is 16.6 Å². The molecule has 0 spiro atoms. The number of benzene rings is 1. The van der Waals surface area contributed by atoms with Crippen molar-refractivity contribution < 1.29 is 4.39 Å². The highest BCUT2D eigenvalue weighted by Gasteiger charge is 2.22. The van der Waals surface area contributed by atoms with Crippen molar-refractivity contribution in [3.05, 3.63) is 70.0 Å². The van der Waals surface area contributed by atoms with Crippen LogP contribution in [0.4, 0.5) is 4.39 Å². The molecule has 8 heteroatoms. The molecule has 1 aromatic carbocycles. The lowest BCUT2D eigenvalue weighted by atomic mass is 9.92. The summed E-state index contributed by atoms with van der Waals surface area (Å²) >= 11 is 12.6. The molecule has 0 radical (unpaired) electrons. The maximum absolute atomic E-state index is 14.1. The van der Waals surface area contributed by atoms with Crippen LogP contribution in [-0.4, -0.2) is 32.8 Å². The van der Waals surface area contributed by atoms with E-state index in [0.717, 1.165) is 53.7 Å². The number of aromatic nitrogens is 4. The molecule has 0 saturated carbocycles. The van der Waals surface area contributed by atoms with Crippen LogP contribution in [0.1, 0.15) is 42.9 Å². The maximum Gasteiger partial charge on any atom is 0.142 e. The first-order chi connectivity index (χ1) is 15.0. The molecule has 160 valence electrons. The fraction of sp³-hybridized carbons (Fsp3) is 0.304. The number of nitrogens with zero attached hydrogens (tertiary/aromatic N) is 3. The van der Waals surface area contributed by atoms with Crippen LogP contribution in [0.15, 0.2) is 43.0 Å². The summed E-state index contributed by atoms with van der Waals surface area (Å²) in [7, 11) is 0. The largest absolute Gasteiger partial charge is 0.346 e. The van der Waals surface area contributed by atoms with Crippen LogP contribution in [0.3, 0.4) is 0 Å². The summed E-state index contributed by atoms with van der Waals surface area (Å²) in [5, 5.41) is 9.44. The Balaban J connectivity index is 1.52. The monoisotopic (exact) mass is 457 g/mol. The summed E-state index contributed by atoms with van der Waals surface area (Å²) in [6.07, 6.45) is 9.87. The summed E-state index contributed by atoms with van der Waals surface area (Å²) in [6.45, 7) is 4.00. The fourth-order valence-electron chi connectivity index (χ4n) is 4.39. The third-order valence-electron chi connectivity index (χ3n) is 6.16. The molecule has 2 N–H and O–H groups in total.